The highest BCUT2D eigenvalue weighted by atomic mass is 32.2. The Morgan fingerprint density at radius 2 is 1.81 bits per heavy atom. The quantitative estimate of drug-likeness (QED) is 0.415. The van der Waals surface area contributed by atoms with E-state index in [4.69, 9.17) is 12.2 Å². The first-order valence-electron chi connectivity index (χ1n) is 8.30. The summed E-state index contributed by atoms with van der Waals surface area (Å²) in [6, 6.07) is 18.0. The van der Waals surface area contributed by atoms with Gasteiger partial charge in [0.15, 0.2) is 4.32 Å². The van der Waals surface area contributed by atoms with Crippen molar-refractivity contribution in [1.82, 2.24) is 5.01 Å². The van der Waals surface area contributed by atoms with E-state index >= 15 is 0 Å². The van der Waals surface area contributed by atoms with Crippen molar-refractivity contribution in [1.29, 1.82) is 0 Å². The molecule has 0 bridgehead atoms. The highest BCUT2D eigenvalue weighted by Gasteiger charge is 2.31. The van der Waals surface area contributed by atoms with Crippen LogP contribution in [0.15, 0.2) is 76.8 Å². The molecule has 0 unspecified atom stereocenters. The van der Waals surface area contributed by atoms with Gasteiger partial charge in [0.1, 0.15) is 0 Å². The Balaban J connectivity index is 1.69. The summed E-state index contributed by atoms with van der Waals surface area (Å²) in [5, 5.41) is 5.53. The molecule has 130 valence electrons. The Hall–Kier alpha value is -2.50. The second-order valence-electron chi connectivity index (χ2n) is 5.63. The fourth-order valence-electron chi connectivity index (χ4n) is 2.35. The van der Waals surface area contributed by atoms with Crippen molar-refractivity contribution in [3.63, 3.8) is 0 Å². The molecule has 0 N–H and O–H groups in total. The fourth-order valence-corrected chi connectivity index (χ4v) is 3.47. The van der Waals surface area contributed by atoms with E-state index in [2.05, 4.69) is 24.2 Å². The monoisotopic (exact) mass is 378 g/mol. The molecule has 1 aliphatic heterocycles. The standard InChI is InChI=1S/C21H18N2OS2/c1-2-16-11-13-18(14-12-16)15-22-23-20(24)19(26-21(23)25)10-6-9-17-7-4-3-5-8-17/h3-15H,2H2,1H3/b9-6-,19-10+,22-15+. The first kappa shape index (κ1) is 18.3. The number of amides is 1. The third kappa shape index (κ3) is 4.56. The molecule has 0 atom stereocenters. The van der Waals surface area contributed by atoms with Gasteiger partial charge in [-0.25, -0.2) is 0 Å². The second kappa shape index (κ2) is 8.74. The van der Waals surface area contributed by atoms with Crippen LogP contribution in [0.4, 0.5) is 0 Å². The molecule has 0 spiro atoms. The molecule has 3 rings (SSSR count). The first-order valence-corrected chi connectivity index (χ1v) is 9.52. The van der Waals surface area contributed by atoms with Crippen molar-refractivity contribution in [2.75, 3.05) is 0 Å². The summed E-state index contributed by atoms with van der Waals surface area (Å²) < 4.78 is 0.441. The second-order valence-corrected chi connectivity index (χ2v) is 7.30. The van der Waals surface area contributed by atoms with Gasteiger partial charge in [0.25, 0.3) is 5.91 Å². The maximum atomic E-state index is 12.5. The third-order valence-corrected chi connectivity index (χ3v) is 5.12. The first-order chi connectivity index (χ1) is 12.7. The minimum atomic E-state index is -0.195. The Labute approximate surface area is 163 Å². The Bertz CT molecular complexity index is 884. The lowest BCUT2D eigenvalue weighted by Gasteiger charge is -2.06. The van der Waals surface area contributed by atoms with Crippen LogP contribution in [0.1, 0.15) is 23.6 Å². The Kier molecular flexibility index (Phi) is 6.15. The highest BCUT2D eigenvalue weighted by Crippen LogP contribution is 2.31. The zero-order valence-electron chi connectivity index (χ0n) is 14.3. The van der Waals surface area contributed by atoms with Crippen LogP contribution in [-0.2, 0) is 11.2 Å². The van der Waals surface area contributed by atoms with Crippen LogP contribution in [0, 0.1) is 0 Å². The third-order valence-electron chi connectivity index (χ3n) is 3.82. The number of benzene rings is 2. The number of aryl methyl sites for hydroxylation is 1. The number of hydrogen-bond acceptors (Lipinski definition) is 4. The molecule has 1 saturated heterocycles. The number of nitrogens with zero attached hydrogens (tertiary/aromatic N) is 2. The van der Waals surface area contributed by atoms with Gasteiger partial charge in [-0.3, -0.25) is 4.79 Å². The lowest BCUT2D eigenvalue weighted by atomic mass is 10.1. The zero-order chi connectivity index (χ0) is 18.4. The largest absolute Gasteiger partial charge is 0.286 e. The number of allylic oxidation sites excluding steroid dienone is 2. The molecule has 0 saturated carbocycles. The predicted molar refractivity (Wildman–Crippen MR) is 114 cm³/mol. The minimum absolute atomic E-state index is 0.195. The van der Waals surface area contributed by atoms with Crippen molar-refractivity contribution in [3.05, 3.63) is 88.3 Å². The molecule has 3 nitrogen and oxygen atoms in total. The van der Waals surface area contributed by atoms with Crippen LogP contribution in [0.2, 0.25) is 0 Å². The molecule has 1 heterocycles. The lowest BCUT2D eigenvalue weighted by Crippen LogP contribution is -2.22. The van der Waals surface area contributed by atoms with E-state index in [-0.39, 0.29) is 5.91 Å². The number of thioether (sulfide) groups is 1. The van der Waals surface area contributed by atoms with Gasteiger partial charge in [-0.05, 0) is 41.4 Å². The predicted octanol–water partition coefficient (Wildman–Crippen LogP) is 5.04. The Morgan fingerprint density at radius 3 is 2.50 bits per heavy atom. The molecule has 1 fully saturated rings. The van der Waals surface area contributed by atoms with E-state index in [9.17, 15) is 4.79 Å². The van der Waals surface area contributed by atoms with E-state index in [1.807, 2.05) is 54.6 Å². The molecule has 0 radical (unpaired) electrons. The van der Waals surface area contributed by atoms with E-state index in [1.54, 1.807) is 12.3 Å². The fraction of sp³-hybridized carbons (Fsp3) is 0.0952. The SMILES string of the molecule is CCc1ccc(/C=N/N2C(=O)/C(=C\C=C/c3ccccc3)SC2=S)cc1. The van der Waals surface area contributed by atoms with Gasteiger partial charge in [0.2, 0.25) is 0 Å². The van der Waals surface area contributed by atoms with Gasteiger partial charge in [-0.2, -0.15) is 10.1 Å². The number of carbonyl (C=O) groups excluding carboxylic acids is 1. The molecular weight excluding hydrogens is 360 g/mol. The number of carbonyl (C=O) groups is 1. The summed E-state index contributed by atoms with van der Waals surface area (Å²) in [6.07, 6.45) is 8.23. The maximum absolute atomic E-state index is 12.5. The average Bonchev–Trinajstić information content (AvgIpc) is 2.94. The smallest absolute Gasteiger partial charge is 0.266 e. The van der Waals surface area contributed by atoms with Crippen LogP contribution < -0.4 is 0 Å². The molecule has 0 aromatic heterocycles. The van der Waals surface area contributed by atoms with Crippen molar-refractivity contribution in [2.24, 2.45) is 5.10 Å². The molecule has 1 aliphatic rings. The number of hydrazone groups is 1. The van der Waals surface area contributed by atoms with Gasteiger partial charge in [-0.1, -0.05) is 85.4 Å². The molecule has 2 aromatic carbocycles. The van der Waals surface area contributed by atoms with Crippen LogP contribution in [0.3, 0.4) is 0 Å². The van der Waals surface area contributed by atoms with Crippen LogP contribution in [-0.4, -0.2) is 21.5 Å². The van der Waals surface area contributed by atoms with E-state index < -0.39 is 0 Å². The molecule has 1 amide bonds. The van der Waals surface area contributed by atoms with Crippen LogP contribution in [0.25, 0.3) is 6.08 Å². The summed E-state index contributed by atoms with van der Waals surface area (Å²) in [6.45, 7) is 2.11. The van der Waals surface area contributed by atoms with Crippen molar-refractivity contribution in [3.8, 4) is 0 Å². The normalized spacial score (nSPS) is 16.5. The average molecular weight is 379 g/mol. The summed E-state index contributed by atoms with van der Waals surface area (Å²) >= 11 is 6.54. The number of rotatable bonds is 5. The molecule has 26 heavy (non-hydrogen) atoms. The molecule has 0 aliphatic carbocycles. The Morgan fingerprint density at radius 1 is 1.08 bits per heavy atom. The maximum Gasteiger partial charge on any atom is 0.286 e. The van der Waals surface area contributed by atoms with Crippen LogP contribution in [0.5, 0.6) is 0 Å². The van der Waals surface area contributed by atoms with Gasteiger partial charge < -0.3 is 0 Å². The van der Waals surface area contributed by atoms with Gasteiger partial charge in [-0.15, -0.1) is 0 Å². The summed E-state index contributed by atoms with van der Waals surface area (Å²) in [5.41, 5.74) is 3.28. The summed E-state index contributed by atoms with van der Waals surface area (Å²) in [5.74, 6) is -0.195. The lowest BCUT2D eigenvalue weighted by molar-refractivity contribution is -0.122. The molecule has 5 heteroatoms. The topological polar surface area (TPSA) is 32.7 Å². The van der Waals surface area contributed by atoms with Crippen LogP contribution >= 0.6 is 24.0 Å². The van der Waals surface area contributed by atoms with Crippen molar-refractivity contribution < 1.29 is 4.79 Å². The van der Waals surface area contributed by atoms with Gasteiger partial charge in [0.05, 0.1) is 11.1 Å². The summed E-state index contributed by atoms with van der Waals surface area (Å²) in [4.78, 5) is 13.1. The number of hydrogen-bond donors (Lipinski definition) is 0. The van der Waals surface area contributed by atoms with E-state index in [1.165, 1.54) is 22.3 Å². The number of thiocarbonyl (C=S) groups is 1. The van der Waals surface area contributed by atoms with Gasteiger partial charge in [0, 0.05) is 0 Å². The van der Waals surface area contributed by atoms with Crippen molar-refractivity contribution >= 4 is 46.5 Å². The highest BCUT2D eigenvalue weighted by molar-refractivity contribution is 8.26. The van der Waals surface area contributed by atoms with Crippen molar-refractivity contribution in [2.45, 2.75) is 13.3 Å². The van der Waals surface area contributed by atoms with Gasteiger partial charge >= 0.3 is 0 Å². The van der Waals surface area contributed by atoms with E-state index in [0.717, 1.165) is 17.5 Å². The molecule has 2 aromatic rings. The minimum Gasteiger partial charge on any atom is -0.266 e. The van der Waals surface area contributed by atoms with E-state index in [0.29, 0.717) is 9.23 Å². The zero-order valence-corrected chi connectivity index (χ0v) is 16.0. The summed E-state index contributed by atoms with van der Waals surface area (Å²) in [7, 11) is 0. The molecular formula is C21H18N2OS2.